The smallest absolute Gasteiger partial charge is 0.268 e. The molecule has 2 N–H and O–H groups in total. The number of nitrogens with two attached hydrogens (primary N) is 1. The van der Waals surface area contributed by atoms with Crippen molar-refractivity contribution in [2.45, 2.75) is 31.7 Å². The average Bonchev–Trinajstić information content (AvgIpc) is 3.02. The van der Waals surface area contributed by atoms with E-state index in [0.29, 0.717) is 0 Å². The molecule has 1 amide bonds. The molecule has 1 saturated carbocycles. The topological polar surface area (TPSA) is 62.5 Å². The van der Waals surface area contributed by atoms with E-state index >= 15 is 0 Å². The minimum absolute atomic E-state index is 0.223. The molecule has 0 aromatic carbocycles. The van der Waals surface area contributed by atoms with E-state index in [1.807, 2.05) is 6.07 Å². The molecule has 0 unspecified atom stereocenters. The van der Waals surface area contributed by atoms with Gasteiger partial charge in [0.05, 0.1) is 0 Å². The summed E-state index contributed by atoms with van der Waals surface area (Å²) in [7, 11) is 0. The van der Waals surface area contributed by atoms with Crippen LogP contribution in [0.15, 0.2) is 12.1 Å². The summed E-state index contributed by atoms with van der Waals surface area (Å²) in [5.74, 6) is 0.320. The molecule has 107 valence electrons. The van der Waals surface area contributed by atoms with Gasteiger partial charge in [0.2, 0.25) is 0 Å². The summed E-state index contributed by atoms with van der Waals surface area (Å²) in [6.45, 7) is 4.09. The van der Waals surface area contributed by atoms with Gasteiger partial charge in [0.25, 0.3) is 5.91 Å². The maximum atomic E-state index is 11.2. The van der Waals surface area contributed by atoms with E-state index in [1.165, 1.54) is 25.7 Å². The number of primary amides is 1. The first-order valence-electron chi connectivity index (χ1n) is 7.41. The quantitative estimate of drug-likeness (QED) is 0.894. The second-order valence-corrected chi connectivity index (χ2v) is 5.62. The third-order valence-corrected chi connectivity index (χ3v) is 4.39. The molecule has 0 spiro atoms. The van der Waals surface area contributed by atoms with Gasteiger partial charge in [0.1, 0.15) is 11.5 Å². The lowest BCUT2D eigenvalue weighted by Gasteiger charge is -2.38. The zero-order chi connectivity index (χ0) is 13.9. The summed E-state index contributed by atoms with van der Waals surface area (Å²) in [5, 5.41) is 0. The first-order valence-corrected chi connectivity index (χ1v) is 7.41. The molecule has 5 nitrogen and oxygen atoms in total. The third-order valence-electron chi connectivity index (χ3n) is 4.39. The summed E-state index contributed by atoms with van der Waals surface area (Å²) in [5.41, 5.74) is 5.48. The van der Waals surface area contributed by atoms with E-state index in [2.05, 4.69) is 20.9 Å². The van der Waals surface area contributed by atoms with Gasteiger partial charge in [-0.3, -0.25) is 9.69 Å². The standard InChI is InChI=1S/C15H21N4O/c16-15(20)13-6-3-7-14(17-13)19-10-8-18(9-11-19)12-4-1-2-5-12/h3,7,12H,1-2,4-5,8-11H2,(H2,16,20). The Balaban J connectivity index is 1.62. The van der Waals surface area contributed by atoms with Gasteiger partial charge in [-0.15, -0.1) is 0 Å². The van der Waals surface area contributed by atoms with Crippen LogP contribution in [0.5, 0.6) is 0 Å². The monoisotopic (exact) mass is 273 g/mol. The van der Waals surface area contributed by atoms with Gasteiger partial charge in [-0.1, -0.05) is 12.8 Å². The number of rotatable bonds is 3. The molecule has 1 aromatic heterocycles. The minimum Gasteiger partial charge on any atom is -0.364 e. The molecule has 1 saturated heterocycles. The average molecular weight is 273 g/mol. The fourth-order valence-electron chi connectivity index (χ4n) is 3.27. The van der Waals surface area contributed by atoms with Crippen LogP contribution in [-0.4, -0.2) is 48.0 Å². The van der Waals surface area contributed by atoms with E-state index in [0.717, 1.165) is 38.0 Å². The molecule has 2 fully saturated rings. The summed E-state index contributed by atoms with van der Waals surface area (Å²) >= 11 is 0. The number of hydrogen-bond donors (Lipinski definition) is 1. The zero-order valence-electron chi connectivity index (χ0n) is 11.7. The van der Waals surface area contributed by atoms with Gasteiger partial charge in [-0.05, 0) is 25.0 Å². The van der Waals surface area contributed by atoms with E-state index in [4.69, 9.17) is 5.73 Å². The largest absolute Gasteiger partial charge is 0.364 e. The third kappa shape index (κ3) is 2.77. The van der Waals surface area contributed by atoms with E-state index in [-0.39, 0.29) is 5.69 Å². The van der Waals surface area contributed by atoms with Crippen molar-refractivity contribution >= 4 is 11.7 Å². The summed E-state index contributed by atoms with van der Waals surface area (Å²) in [6.07, 6.45) is 5.46. The molecule has 20 heavy (non-hydrogen) atoms. The fraction of sp³-hybridized carbons (Fsp3) is 0.600. The lowest BCUT2D eigenvalue weighted by atomic mass is 10.2. The van der Waals surface area contributed by atoms with Gasteiger partial charge in [-0.25, -0.2) is 4.98 Å². The molecule has 1 radical (unpaired) electrons. The van der Waals surface area contributed by atoms with E-state index in [9.17, 15) is 4.79 Å². The Bertz CT molecular complexity index is 477. The normalized spacial score (nSPS) is 21.3. The predicted molar refractivity (Wildman–Crippen MR) is 77.6 cm³/mol. The Morgan fingerprint density at radius 2 is 1.95 bits per heavy atom. The van der Waals surface area contributed by atoms with Crippen molar-refractivity contribution in [3.63, 3.8) is 0 Å². The van der Waals surface area contributed by atoms with Gasteiger partial charge < -0.3 is 10.6 Å². The van der Waals surface area contributed by atoms with Crippen molar-refractivity contribution < 1.29 is 4.79 Å². The summed E-state index contributed by atoms with van der Waals surface area (Å²) in [6, 6.07) is 7.19. The van der Waals surface area contributed by atoms with Crippen molar-refractivity contribution in [2.75, 3.05) is 31.1 Å². The second-order valence-electron chi connectivity index (χ2n) is 5.62. The van der Waals surface area contributed by atoms with E-state index < -0.39 is 5.91 Å². The molecule has 0 atom stereocenters. The number of aromatic nitrogens is 1. The summed E-state index contributed by atoms with van der Waals surface area (Å²) in [4.78, 5) is 20.3. The van der Waals surface area contributed by atoms with Gasteiger partial charge in [0.15, 0.2) is 0 Å². The molecule has 0 bridgehead atoms. The van der Waals surface area contributed by atoms with Crippen LogP contribution in [0.2, 0.25) is 0 Å². The van der Waals surface area contributed by atoms with Crippen molar-refractivity contribution in [3.8, 4) is 0 Å². The highest BCUT2D eigenvalue weighted by molar-refractivity contribution is 5.90. The highest BCUT2D eigenvalue weighted by Crippen LogP contribution is 2.25. The van der Waals surface area contributed by atoms with Crippen LogP contribution in [0.25, 0.3) is 0 Å². The molecule has 2 heterocycles. The Kier molecular flexibility index (Phi) is 3.87. The van der Waals surface area contributed by atoms with Crippen molar-refractivity contribution in [3.05, 3.63) is 23.9 Å². The molecule has 2 aliphatic rings. The van der Waals surface area contributed by atoms with E-state index in [1.54, 1.807) is 6.07 Å². The van der Waals surface area contributed by atoms with Gasteiger partial charge >= 0.3 is 0 Å². The highest BCUT2D eigenvalue weighted by Gasteiger charge is 2.26. The van der Waals surface area contributed by atoms with Crippen LogP contribution >= 0.6 is 0 Å². The number of piperazine rings is 1. The van der Waals surface area contributed by atoms with Crippen LogP contribution < -0.4 is 10.6 Å². The number of anilines is 1. The van der Waals surface area contributed by atoms with Crippen LogP contribution in [0.1, 0.15) is 36.2 Å². The van der Waals surface area contributed by atoms with Crippen molar-refractivity contribution in [1.82, 2.24) is 9.88 Å². The number of carbonyl (C=O) groups excluding carboxylic acids is 1. The molecule has 3 rings (SSSR count). The number of carbonyl (C=O) groups is 1. The number of hydrogen-bond acceptors (Lipinski definition) is 4. The lowest BCUT2D eigenvalue weighted by molar-refractivity contribution is 0.0995. The number of pyridine rings is 1. The molecule has 1 aliphatic heterocycles. The molecular weight excluding hydrogens is 252 g/mol. The number of amides is 1. The second kappa shape index (κ2) is 5.79. The predicted octanol–water partition coefficient (Wildman–Crippen LogP) is 1.05. The lowest BCUT2D eigenvalue weighted by Crippen LogP contribution is -2.50. The Labute approximate surface area is 119 Å². The Hall–Kier alpha value is -1.62. The van der Waals surface area contributed by atoms with Crippen LogP contribution in [0.4, 0.5) is 5.82 Å². The maximum Gasteiger partial charge on any atom is 0.268 e. The van der Waals surface area contributed by atoms with Crippen LogP contribution in [0, 0.1) is 6.07 Å². The number of nitrogens with zero attached hydrogens (tertiary/aromatic N) is 3. The zero-order valence-corrected chi connectivity index (χ0v) is 11.7. The Morgan fingerprint density at radius 1 is 1.25 bits per heavy atom. The molecule has 5 heteroatoms. The highest BCUT2D eigenvalue weighted by atomic mass is 16.1. The first kappa shape index (κ1) is 13.4. The van der Waals surface area contributed by atoms with Crippen molar-refractivity contribution in [2.24, 2.45) is 5.73 Å². The van der Waals surface area contributed by atoms with Crippen LogP contribution in [0.3, 0.4) is 0 Å². The molecule has 1 aromatic rings. The SMILES string of the molecule is NC(=O)c1[c]ccc(N2CCN(C3CCCC3)CC2)n1. The Morgan fingerprint density at radius 3 is 2.60 bits per heavy atom. The fourth-order valence-corrected chi connectivity index (χ4v) is 3.27. The summed E-state index contributed by atoms with van der Waals surface area (Å²) < 4.78 is 0. The minimum atomic E-state index is -0.517. The van der Waals surface area contributed by atoms with Gasteiger partial charge in [-0.2, -0.15) is 0 Å². The van der Waals surface area contributed by atoms with Crippen molar-refractivity contribution in [1.29, 1.82) is 0 Å². The first-order chi connectivity index (χ1) is 9.74. The molecule has 1 aliphatic carbocycles. The molecular formula is C15H21N4O. The maximum absolute atomic E-state index is 11.2. The van der Waals surface area contributed by atoms with Crippen LogP contribution in [-0.2, 0) is 0 Å². The van der Waals surface area contributed by atoms with Gasteiger partial charge in [0, 0.05) is 38.3 Å².